The van der Waals surface area contributed by atoms with Gasteiger partial charge in [-0.1, -0.05) is 48.5 Å². The van der Waals surface area contributed by atoms with Crippen molar-refractivity contribution in [2.75, 3.05) is 0 Å². The van der Waals surface area contributed by atoms with Gasteiger partial charge in [0.1, 0.15) is 18.5 Å². The van der Waals surface area contributed by atoms with Crippen LogP contribution in [0.3, 0.4) is 0 Å². The molecule has 0 saturated carbocycles. The molecule has 0 aromatic heterocycles. The number of amides is 2. The van der Waals surface area contributed by atoms with Crippen LogP contribution in [0.4, 0.5) is 9.18 Å². The van der Waals surface area contributed by atoms with Gasteiger partial charge in [0.25, 0.3) is 0 Å². The molecule has 5 nitrogen and oxygen atoms in total. The Morgan fingerprint density at radius 1 is 1.09 bits per heavy atom. The monoisotopic (exact) mass is 316 g/mol. The van der Waals surface area contributed by atoms with Crippen LogP contribution in [0.15, 0.2) is 54.6 Å². The first-order valence-corrected chi connectivity index (χ1v) is 7.06. The maximum Gasteiger partial charge on any atom is 0.408 e. The number of benzene rings is 2. The van der Waals surface area contributed by atoms with Crippen LogP contribution in [0.2, 0.25) is 0 Å². The van der Waals surface area contributed by atoms with Gasteiger partial charge in [-0.2, -0.15) is 0 Å². The molecule has 0 aliphatic heterocycles. The maximum absolute atomic E-state index is 13.6. The summed E-state index contributed by atoms with van der Waals surface area (Å²) < 4.78 is 18.6. The summed E-state index contributed by atoms with van der Waals surface area (Å²) in [5.74, 6) is -1.22. The van der Waals surface area contributed by atoms with Crippen molar-refractivity contribution in [1.82, 2.24) is 5.32 Å². The second-order valence-corrected chi connectivity index (χ2v) is 4.96. The van der Waals surface area contributed by atoms with Crippen molar-refractivity contribution in [2.45, 2.75) is 19.1 Å². The summed E-state index contributed by atoms with van der Waals surface area (Å²) in [6, 6.07) is 14.0. The van der Waals surface area contributed by atoms with Crippen LogP contribution in [0.5, 0.6) is 0 Å². The minimum absolute atomic E-state index is 0.0392. The predicted molar refractivity (Wildman–Crippen MR) is 82.8 cm³/mol. The molecule has 23 heavy (non-hydrogen) atoms. The van der Waals surface area contributed by atoms with E-state index in [4.69, 9.17) is 10.5 Å². The number of ether oxygens (including phenoxy) is 1. The van der Waals surface area contributed by atoms with Gasteiger partial charge >= 0.3 is 6.09 Å². The van der Waals surface area contributed by atoms with E-state index < -0.39 is 23.9 Å². The lowest BCUT2D eigenvalue weighted by Crippen LogP contribution is -2.46. The number of primary amides is 1. The Bertz CT molecular complexity index is 677. The number of carbonyl (C=O) groups excluding carboxylic acids is 2. The summed E-state index contributed by atoms with van der Waals surface area (Å²) in [6.07, 6.45) is -0.823. The lowest BCUT2D eigenvalue weighted by molar-refractivity contribution is -0.119. The number of carbonyl (C=O) groups is 2. The third-order valence-electron chi connectivity index (χ3n) is 3.23. The maximum atomic E-state index is 13.6. The molecule has 2 aromatic rings. The lowest BCUT2D eigenvalue weighted by Gasteiger charge is -2.16. The number of rotatable bonds is 6. The average molecular weight is 316 g/mol. The van der Waals surface area contributed by atoms with Crippen LogP contribution < -0.4 is 11.1 Å². The molecule has 2 rings (SSSR count). The van der Waals surface area contributed by atoms with Gasteiger partial charge in [0, 0.05) is 6.42 Å². The number of halogens is 1. The molecule has 0 spiro atoms. The highest BCUT2D eigenvalue weighted by Gasteiger charge is 2.20. The molecule has 1 atom stereocenters. The lowest BCUT2D eigenvalue weighted by atomic mass is 10.1. The standard InChI is InChI=1S/C17H17FN2O3/c18-14-9-5-4-8-13(14)10-15(16(19)21)20-17(22)23-11-12-6-2-1-3-7-12/h1-9,15H,10-11H2,(H2,19,21)(H,20,22). The molecular formula is C17H17FN2O3. The van der Waals surface area contributed by atoms with Gasteiger partial charge in [-0.3, -0.25) is 4.79 Å². The van der Waals surface area contributed by atoms with Gasteiger partial charge in [-0.15, -0.1) is 0 Å². The Morgan fingerprint density at radius 3 is 2.39 bits per heavy atom. The Kier molecular flexibility index (Phi) is 5.68. The molecule has 0 radical (unpaired) electrons. The van der Waals surface area contributed by atoms with Gasteiger partial charge in [0.15, 0.2) is 0 Å². The SMILES string of the molecule is NC(=O)C(Cc1ccccc1F)NC(=O)OCc1ccccc1. The molecule has 0 saturated heterocycles. The molecule has 6 heteroatoms. The zero-order valence-electron chi connectivity index (χ0n) is 12.4. The number of alkyl carbamates (subject to hydrolysis) is 1. The fourth-order valence-electron chi connectivity index (χ4n) is 2.01. The molecule has 0 aliphatic carbocycles. The van der Waals surface area contributed by atoms with Crippen LogP contribution in [-0.4, -0.2) is 18.0 Å². The van der Waals surface area contributed by atoms with E-state index in [0.29, 0.717) is 5.56 Å². The molecule has 0 heterocycles. The van der Waals surface area contributed by atoms with E-state index in [9.17, 15) is 14.0 Å². The van der Waals surface area contributed by atoms with Crippen LogP contribution in [0.25, 0.3) is 0 Å². The van der Waals surface area contributed by atoms with Crippen LogP contribution in [0, 0.1) is 5.82 Å². The van der Waals surface area contributed by atoms with E-state index in [1.807, 2.05) is 18.2 Å². The minimum atomic E-state index is -1.05. The molecule has 120 valence electrons. The summed E-state index contributed by atoms with van der Waals surface area (Å²) in [4.78, 5) is 23.2. The first kappa shape index (κ1) is 16.5. The van der Waals surface area contributed by atoms with E-state index >= 15 is 0 Å². The number of hydrogen-bond acceptors (Lipinski definition) is 3. The van der Waals surface area contributed by atoms with Gasteiger partial charge in [-0.25, -0.2) is 9.18 Å². The molecule has 3 N–H and O–H groups in total. The van der Waals surface area contributed by atoms with Crippen molar-refractivity contribution < 1.29 is 18.7 Å². The predicted octanol–water partition coefficient (Wildman–Crippen LogP) is 2.15. The summed E-state index contributed by atoms with van der Waals surface area (Å²) in [6.45, 7) is 0.0673. The number of nitrogens with one attached hydrogen (secondary N) is 1. The average Bonchev–Trinajstić information content (AvgIpc) is 2.55. The smallest absolute Gasteiger partial charge is 0.408 e. The van der Waals surface area contributed by atoms with Crippen molar-refractivity contribution in [2.24, 2.45) is 5.73 Å². The number of nitrogens with two attached hydrogens (primary N) is 1. The number of hydrogen-bond donors (Lipinski definition) is 2. The molecule has 2 aromatic carbocycles. The molecule has 0 aliphatic rings. The second kappa shape index (κ2) is 7.93. The van der Waals surface area contributed by atoms with E-state index in [1.54, 1.807) is 24.3 Å². The molecular weight excluding hydrogens is 299 g/mol. The molecule has 0 fully saturated rings. The normalized spacial score (nSPS) is 11.5. The van der Waals surface area contributed by atoms with E-state index in [-0.39, 0.29) is 13.0 Å². The van der Waals surface area contributed by atoms with E-state index in [0.717, 1.165) is 5.56 Å². The Morgan fingerprint density at radius 2 is 1.74 bits per heavy atom. The van der Waals surface area contributed by atoms with Crippen molar-refractivity contribution in [3.8, 4) is 0 Å². The van der Waals surface area contributed by atoms with Gasteiger partial charge < -0.3 is 15.8 Å². The van der Waals surface area contributed by atoms with Gasteiger partial charge in [0.05, 0.1) is 0 Å². The first-order valence-electron chi connectivity index (χ1n) is 7.06. The van der Waals surface area contributed by atoms with Crippen LogP contribution in [0.1, 0.15) is 11.1 Å². The Balaban J connectivity index is 1.92. The molecule has 1 unspecified atom stereocenters. The quantitative estimate of drug-likeness (QED) is 0.857. The van der Waals surface area contributed by atoms with E-state index in [2.05, 4.69) is 5.32 Å². The molecule has 0 bridgehead atoms. The van der Waals surface area contributed by atoms with Crippen molar-refractivity contribution in [3.05, 3.63) is 71.5 Å². The minimum Gasteiger partial charge on any atom is -0.445 e. The summed E-state index contributed by atoms with van der Waals surface area (Å²) >= 11 is 0. The highest BCUT2D eigenvalue weighted by Crippen LogP contribution is 2.09. The van der Waals surface area contributed by atoms with Crippen molar-refractivity contribution in [1.29, 1.82) is 0 Å². The Hall–Kier alpha value is -2.89. The van der Waals surface area contributed by atoms with Crippen LogP contribution in [-0.2, 0) is 22.6 Å². The third kappa shape index (κ3) is 5.10. The van der Waals surface area contributed by atoms with Gasteiger partial charge in [0.2, 0.25) is 5.91 Å². The first-order chi connectivity index (χ1) is 11.1. The fourth-order valence-corrected chi connectivity index (χ4v) is 2.01. The Labute approximate surface area is 133 Å². The fraction of sp³-hybridized carbons (Fsp3) is 0.176. The van der Waals surface area contributed by atoms with Crippen molar-refractivity contribution in [3.63, 3.8) is 0 Å². The highest BCUT2D eigenvalue weighted by atomic mass is 19.1. The van der Waals surface area contributed by atoms with Gasteiger partial charge in [-0.05, 0) is 17.2 Å². The second-order valence-electron chi connectivity index (χ2n) is 4.96. The molecule has 2 amide bonds. The summed E-state index contributed by atoms with van der Waals surface area (Å²) in [7, 11) is 0. The largest absolute Gasteiger partial charge is 0.445 e. The summed E-state index contributed by atoms with van der Waals surface area (Å²) in [5.41, 5.74) is 6.36. The highest BCUT2D eigenvalue weighted by molar-refractivity contribution is 5.84. The summed E-state index contributed by atoms with van der Waals surface area (Å²) in [5, 5.41) is 2.36. The van der Waals surface area contributed by atoms with Crippen molar-refractivity contribution >= 4 is 12.0 Å². The topological polar surface area (TPSA) is 81.4 Å². The van der Waals surface area contributed by atoms with Crippen LogP contribution >= 0.6 is 0 Å². The van der Waals surface area contributed by atoms with E-state index in [1.165, 1.54) is 12.1 Å². The third-order valence-corrected chi connectivity index (χ3v) is 3.23. The zero-order valence-corrected chi connectivity index (χ0v) is 12.4. The zero-order chi connectivity index (χ0) is 16.7.